The van der Waals surface area contributed by atoms with Crippen LogP contribution in [0.25, 0.3) is 22.0 Å². The van der Waals surface area contributed by atoms with Crippen LogP contribution in [0.3, 0.4) is 0 Å². The number of benzene rings is 2. The second kappa shape index (κ2) is 7.48. The molecule has 0 aliphatic heterocycles. The number of fused-ring (bicyclic) bond motifs is 1. The predicted molar refractivity (Wildman–Crippen MR) is 102 cm³/mol. The third-order valence-corrected chi connectivity index (χ3v) is 4.12. The van der Waals surface area contributed by atoms with Gasteiger partial charge in [-0.1, -0.05) is 17.7 Å². The fraction of sp³-hybridized carbons (Fsp3) is 0.158. The van der Waals surface area contributed by atoms with E-state index in [1.807, 2.05) is 0 Å². The highest BCUT2D eigenvalue weighted by atomic mass is 35.5. The molecule has 1 amide bonds. The first-order valence-electron chi connectivity index (χ1n) is 8.08. The lowest BCUT2D eigenvalue weighted by Gasteiger charge is -2.08. The molecule has 1 heterocycles. The minimum Gasteiger partial charge on any atom is -0.445 e. The summed E-state index contributed by atoms with van der Waals surface area (Å²) in [5.74, 6) is 0.218. The maximum absolute atomic E-state index is 12.3. The highest BCUT2D eigenvalue weighted by molar-refractivity contribution is 6.33. The lowest BCUT2D eigenvalue weighted by molar-refractivity contribution is -0.105. The number of anilines is 1. The zero-order chi connectivity index (χ0) is 19.6. The van der Waals surface area contributed by atoms with Crippen LogP contribution in [-0.2, 0) is 9.53 Å². The van der Waals surface area contributed by atoms with Gasteiger partial charge in [-0.3, -0.25) is 4.79 Å². The van der Waals surface area contributed by atoms with Crippen molar-refractivity contribution in [2.75, 3.05) is 5.32 Å². The second-order valence-electron chi connectivity index (χ2n) is 5.99. The van der Waals surface area contributed by atoms with Gasteiger partial charge in [0.1, 0.15) is 0 Å². The lowest BCUT2D eigenvalue weighted by Crippen LogP contribution is -2.19. The van der Waals surface area contributed by atoms with Gasteiger partial charge in [0.15, 0.2) is 5.82 Å². The van der Waals surface area contributed by atoms with Crippen LogP contribution in [0.5, 0.6) is 0 Å². The molecule has 136 valence electrons. The van der Waals surface area contributed by atoms with Gasteiger partial charge in [0.25, 0.3) is 0 Å². The van der Waals surface area contributed by atoms with Gasteiger partial charge in [-0.2, -0.15) is 9.94 Å². The zero-order valence-electron chi connectivity index (χ0n) is 14.6. The molecule has 0 atom stereocenters. The summed E-state index contributed by atoms with van der Waals surface area (Å²) >= 11 is 6.28. The van der Waals surface area contributed by atoms with E-state index in [1.165, 1.54) is 0 Å². The molecule has 0 saturated heterocycles. The van der Waals surface area contributed by atoms with Crippen LogP contribution in [0.2, 0.25) is 5.02 Å². The van der Waals surface area contributed by atoms with Gasteiger partial charge in [0, 0.05) is 16.0 Å². The Hall–Kier alpha value is -3.37. The molecule has 1 aromatic heterocycles. The van der Waals surface area contributed by atoms with Gasteiger partial charge in [0.2, 0.25) is 6.41 Å². The molecular weight excluding hydrogens is 368 g/mol. The molecule has 1 N–H and O–H groups in total. The van der Waals surface area contributed by atoms with Crippen molar-refractivity contribution >= 4 is 40.8 Å². The number of halogens is 1. The molecule has 0 unspecified atom stereocenters. The van der Waals surface area contributed by atoms with E-state index in [1.54, 1.807) is 50.2 Å². The van der Waals surface area contributed by atoms with E-state index in [4.69, 9.17) is 21.6 Å². The van der Waals surface area contributed by atoms with Crippen LogP contribution in [0.4, 0.5) is 10.6 Å². The topological polar surface area (TPSA) is 97.0 Å². The summed E-state index contributed by atoms with van der Waals surface area (Å²) in [5, 5.41) is 16.8. The van der Waals surface area contributed by atoms with Crippen LogP contribution < -0.4 is 5.32 Å². The number of rotatable bonds is 4. The number of amides is 1. The minimum absolute atomic E-state index is 0.218. The Morgan fingerprint density at radius 2 is 2.11 bits per heavy atom. The minimum atomic E-state index is -0.647. The molecule has 27 heavy (non-hydrogen) atoms. The standard InChI is InChI=1S/C19H15ClN4O3/c1-11(2)27-19(26)24-17-6-4-13(8-15(17)18(23-24)22-10-25)14-7-12(9-21)3-5-16(14)20/h3-8,10-11H,1-2H3,(H,22,23,25). The maximum Gasteiger partial charge on any atom is 0.435 e. The number of nitrogens with one attached hydrogen (secondary N) is 1. The van der Waals surface area contributed by atoms with Crippen LogP contribution in [0.1, 0.15) is 19.4 Å². The van der Waals surface area contributed by atoms with Crippen LogP contribution in [0, 0.1) is 11.3 Å². The van der Waals surface area contributed by atoms with Crippen molar-refractivity contribution in [3.63, 3.8) is 0 Å². The molecule has 2 aromatic carbocycles. The molecule has 0 spiro atoms. The molecule has 0 aliphatic rings. The highest BCUT2D eigenvalue weighted by Gasteiger charge is 2.19. The molecule has 3 rings (SSSR count). The van der Waals surface area contributed by atoms with Crippen LogP contribution in [-0.4, -0.2) is 28.4 Å². The van der Waals surface area contributed by atoms with Crippen molar-refractivity contribution < 1.29 is 14.3 Å². The summed E-state index contributed by atoms with van der Waals surface area (Å²) in [6, 6.07) is 12.2. The van der Waals surface area contributed by atoms with Crippen molar-refractivity contribution in [3.05, 3.63) is 47.0 Å². The normalized spacial score (nSPS) is 10.6. The SMILES string of the molecule is CC(C)OC(=O)n1nc(NC=O)c2cc(-c3cc(C#N)ccc3Cl)ccc21. The number of ether oxygens (including phenoxy) is 1. The molecule has 7 nitrogen and oxygen atoms in total. The van der Waals surface area contributed by atoms with Gasteiger partial charge in [-0.25, -0.2) is 4.79 Å². The molecule has 0 radical (unpaired) electrons. The Bertz CT molecular complexity index is 1080. The summed E-state index contributed by atoms with van der Waals surface area (Å²) in [5.41, 5.74) is 2.32. The summed E-state index contributed by atoms with van der Waals surface area (Å²) in [4.78, 5) is 23.2. The average Bonchev–Trinajstić information content (AvgIpc) is 3.00. The first-order chi connectivity index (χ1) is 12.9. The van der Waals surface area contributed by atoms with Crippen molar-refractivity contribution in [3.8, 4) is 17.2 Å². The van der Waals surface area contributed by atoms with E-state index in [9.17, 15) is 9.59 Å². The number of nitrogens with zero attached hydrogens (tertiary/aromatic N) is 3. The average molecular weight is 383 g/mol. The number of carbonyl (C=O) groups is 2. The monoisotopic (exact) mass is 382 g/mol. The summed E-state index contributed by atoms with van der Waals surface area (Å²) in [6.07, 6.45) is -0.479. The van der Waals surface area contributed by atoms with E-state index >= 15 is 0 Å². The van der Waals surface area contributed by atoms with Crippen LogP contribution >= 0.6 is 11.6 Å². The smallest absolute Gasteiger partial charge is 0.435 e. The Morgan fingerprint density at radius 3 is 2.78 bits per heavy atom. The van der Waals surface area contributed by atoms with E-state index in [0.717, 1.165) is 10.2 Å². The number of hydrogen-bond acceptors (Lipinski definition) is 5. The van der Waals surface area contributed by atoms with Gasteiger partial charge in [-0.05, 0) is 49.7 Å². The Kier molecular flexibility index (Phi) is 5.10. The number of hydrogen-bond donors (Lipinski definition) is 1. The van der Waals surface area contributed by atoms with Crippen molar-refractivity contribution in [2.24, 2.45) is 0 Å². The summed E-state index contributed by atoms with van der Waals surface area (Å²) < 4.78 is 6.28. The molecule has 8 heteroatoms. The highest BCUT2D eigenvalue weighted by Crippen LogP contribution is 2.33. The van der Waals surface area contributed by atoms with Crippen molar-refractivity contribution in [2.45, 2.75) is 20.0 Å². The van der Waals surface area contributed by atoms with Crippen molar-refractivity contribution in [1.29, 1.82) is 5.26 Å². The molecule has 0 bridgehead atoms. The molecular formula is C19H15ClN4O3. The summed E-state index contributed by atoms with van der Waals surface area (Å²) in [6.45, 7) is 3.47. The molecule has 3 aromatic rings. The number of nitriles is 1. The fourth-order valence-corrected chi connectivity index (χ4v) is 2.88. The third-order valence-electron chi connectivity index (χ3n) is 3.79. The van der Waals surface area contributed by atoms with E-state index in [0.29, 0.717) is 33.5 Å². The first-order valence-corrected chi connectivity index (χ1v) is 8.46. The van der Waals surface area contributed by atoms with E-state index < -0.39 is 6.09 Å². The molecule has 0 aliphatic carbocycles. The maximum atomic E-state index is 12.3. The third kappa shape index (κ3) is 3.61. The molecule has 0 saturated carbocycles. The van der Waals surface area contributed by atoms with E-state index in [2.05, 4.69) is 16.5 Å². The lowest BCUT2D eigenvalue weighted by atomic mass is 10.0. The quantitative estimate of drug-likeness (QED) is 0.682. The van der Waals surface area contributed by atoms with Gasteiger partial charge in [0.05, 0.1) is 23.3 Å². The number of aromatic nitrogens is 2. The van der Waals surface area contributed by atoms with Gasteiger partial charge >= 0.3 is 6.09 Å². The summed E-state index contributed by atoms with van der Waals surface area (Å²) in [7, 11) is 0. The van der Waals surface area contributed by atoms with E-state index in [-0.39, 0.29) is 11.9 Å². The van der Waals surface area contributed by atoms with Crippen molar-refractivity contribution in [1.82, 2.24) is 9.78 Å². The fourth-order valence-electron chi connectivity index (χ4n) is 2.65. The Morgan fingerprint density at radius 1 is 1.33 bits per heavy atom. The van der Waals surface area contributed by atoms with Gasteiger partial charge in [-0.15, -0.1) is 5.10 Å². The Labute approximate surface area is 160 Å². The predicted octanol–water partition coefficient (Wildman–Crippen LogP) is 4.19. The largest absolute Gasteiger partial charge is 0.445 e. The second-order valence-corrected chi connectivity index (χ2v) is 6.40. The number of carbonyl (C=O) groups excluding carboxylic acids is 2. The zero-order valence-corrected chi connectivity index (χ0v) is 15.3. The van der Waals surface area contributed by atoms with Crippen LogP contribution in [0.15, 0.2) is 36.4 Å². The Balaban J connectivity index is 2.17. The van der Waals surface area contributed by atoms with Gasteiger partial charge < -0.3 is 10.1 Å². The molecule has 0 fully saturated rings. The first kappa shape index (κ1) is 18.4.